The minimum Gasteiger partial charge on any atom is -0.481 e. The highest BCUT2D eigenvalue weighted by Crippen LogP contribution is 2.38. The Labute approximate surface area is 208 Å². The Hall–Kier alpha value is -3.60. The van der Waals surface area contributed by atoms with Crippen molar-refractivity contribution in [2.75, 3.05) is 6.54 Å². The number of nitrogens with zero attached hydrogens (tertiary/aromatic N) is 1. The van der Waals surface area contributed by atoms with E-state index in [-0.39, 0.29) is 17.9 Å². The first-order chi connectivity index (χ1) is 16.9. The van der Waals surface area contributed by atoms with Crippen LogP contribution in [0.3, 0.4) is 0 Å². The molecule has 3 aromatic carbocycles. The largest absolute Gasteiger partial charge is 0.481 e. The number of hydrogen-bond donors (Lipinski definition) is 1. The molecule has 1 N–H and O–H groups in total. The van der Waals surface area contributed by atoms with Crippen LogP contribution in [0.5, 0.6) is 5.75 Å². The van der Waals surface area contributed by atoms with E-state index in [0.29, 0.717) is 25.3 Å². The Kier molecular flexibility index (Phi) is 7.54. The Morgan fingerprint density at radius 3 is 2.49 bits per heavy atom. The second-order valence-corrected chi connectivity index (χ2v) is 9.33. The van der Waals surface area contributed by atoms with E-state index in [1.165, 1.54) is 5.56 Å². The fourth-order valence-electron chi connectivity index (χ4n) is 4.75. The number of benzene rings is 3. The molecule has 0 saturated heterocycles. The third-order valence-corrected chi connectivity index (χ3v) is 6.56. The van der Waals surface area contributed by atoms with E-state index >= 15 is 0 Å². The molecule has 0 spiro atoms. The monoisotopic (exact) mass is 470 g/mol. The SMILES string of the molecule is CCC(=O)N1CCc2ccc(O[C@H](C)C(=O)NCc3cccc(C)c3)cc2[C@@H]1c1cccc(C)c1. The molecule has 0 unspecified atom stereocenters. The molecule has 0 aromatic heterocycles. The maximum Gasteiger partial charge on any atom is 0.261 e. The lowest BCUT2D eigenvalue weighted by molar-refractivity contribution is -0.133. The van der Waals surface area contributed by atoms with E-state index in [1.807, 2.05) is 55.1 Å². The number of nitrogens with one attached hydrogen (secondary N) is 1. The van der Waals surface area contributed by atoms with Gasteiger partial charge in [0, 0.05) is 19.5 Å². The average Bonchev–Trinajstić information content (AvgIpc) is 2.86. The average molecular weight is 471 g/mol. The first-order valence-electron chi connectivity index (χ1n) is 12.3. The van der Waals surface area contributed by atoms with E-state index in [9.17, 15) is 9.59 Å². The van der Waals surface area contributed by atoms with Crippen LogP contribution in [0, 0.1) is 13.8 Å². The van der Waals surface area contributed by atoms with Gasteiger partial charge in [0.15, 0.2) is 6.10 Å². The number of aryl methyl sites for hydroxylation is 2. The van der Waals surface area contributed by atoms with Gasteiger partial charge in [-0.3, -0.25) is 9.59 Å². The minimum atomic E-state index is -0.646. The lowest BCUT2D eigenvalue weighted by Gasteiger charge is -2.38. The van der Waals surface area contributed by atoms with E-state index in [1.54, 1.807) is 6.92 Å². The number of carbonyl (C=O) groups is 2. The summed E-state index contributed by atoms with van der Waals surface area (Å²) in [5.41, 5.74) is 6.74. The lowest BCUT2D eigenvalue weighted by atomic mass is 9.87. The smallest absolute Gasteiger partial charge is 0.261 e. The van der Waals surface area contributed by atoms with E-state index < -0.39 is 6.10 Å². The molecule has 2 amide bonds. The van der Waals surface area contributed by atoms with Gasteiger partial charge in [-0.05, 0) is 61.6 Å². The van der Waals surface area contributed by atoms with Crippen molar-refractivity contribution < 1.29 is 14.3 Å². The highest BCUT2D eigenvalue weighted by molar-refractivity contribution is 5.80. The van der Waals surface area contributed by atoms with Gasteiger partial charge in [-0.25, -0.2) is 0 Å². The molecule has 0 saturated carbocycles. The maximum atomic E-state index is 12.8. The normalized spacial score (nSPS) is 15.8. The second-order valence-electron chi connectivity index (χ2n) is 9.33. The predicted octanol–water partition coefficient (Wildman–Crippen LogP) is 5.27. The van der Waals surface area contributed by atoms with Crippen LogP contribution in [0.1, 0.15) is 59.7 Å². The molecule has 2 atom stereocenters. The van der Waals surface area contributed by atoms with Gasteiger partial charge in [0.2, 0.25) is 5.91 Å². The standard InChI is InChI=1S/C30H34N2O3/c1-5-28(33)32-15-14-24-12-13-26(18-27(24)29(32)25-11-7-9-21(3)17-25)35-22(4)30(34)31-19-23-10-6-8-20(2)16-23/h6-13,16-18,22,29H,5,14-15,19H2,1-4H3,(H,31,34)/t22-,29+/m1/s1. The van der Waals surface area contributed by atoms with Gasteiger partial charge >= 0.3 is 0 Å². The molecule has 0 fully saturated rings. The van der Waals surface area contributed by atoms with E-state index in [0.717, 1.165) is 34.2 Å². The number of carbonyl (C=O) groups excluding carboxylic acids is 2. The minimum absolute atomic E-state index is 0.136. The van der Waals surface area contributed by atoms with Crippen LogP contribution in [-0.4, -0.2) is 29.4 Å². The Bertz CT molecular complexity index is 1220. The predicted molar refractivity (Wildman–Crippen MR) is 138 cm³/mol. The van der Waals surface area contributed by atoms with Gasteiger partial charge in [-0.2, -0.15) is 0 Å². The molecule has 0 radical (unpaired) electrons. The van der Waals surface area contributed by atoms with Gasteiger partial charge < -0.3 is 15.0 Å². The van der Waals surface area contributed by atoms with Crippen molar-refractivity contribution in [3.8, 4) is 5.75 Å². The van der Waals surface area contributed by atoms with Crippen LogP contribution < -0.4 is 10.1 Å². The molecule has 3 aromatic rings. The summed E-state index contributed by atoms with van der Waals surface area (Å²) < 4.78 is 6.07. The molecule has 0 aliphatic carbocycles. The lowest BCUT2D eigenvalue weighted by Crippen LogP contribution is -2.40. The van der Waals surface area contributed by atoms with Gasteiger partial charge in [-0.1, -0.05) is 72.6 Å². The van der Waals surface area contributed by atoms with Crippen molar-refractivity contribution in [1.82, 2.24) is 10.2 Å². The molecule has 1 heterocycles. The van der Waals surface area contributed by atoms with Crippen molar-refractivity contribution in [2.45, 2.75) is 59.2 Å². The summed E-state index contributed by atoms with van der Waals surface area (Å²) in [6, 6.07) is 22.2. The summed E-state index contributed by atoms with van der Waals surface area (Å²) in [6.45, 7) is 8.91. The quantitative estimate of drug-likeness (QED) is 0.512. The van der Waals surface area contributed by atoms with Crippen LogP contribution in [0.4, 0.5) is 0 Å². The van der Waals surface area contributed by atoms with Crippen molar-refractivity contribution in [1.29, 1.82) is 0 Å². The van der Waals surface area contributed by atoms with Crippen LogP contribution in [-0.2, 0) is 22.6 Å². The molecule has 5 heteroatoms. The highest BCUT2D eigenvalue weighted by Gasteiger charge is 2.32. The van der Waals surface area contributed by atoms with Crippen LogP contribution in [0.2, 0.25) is 0 Å². The summed E-state index contributed by atoms with van der Waals surface area (Å²) >= 11 is 0. The Morgan fingerprint density at radius 1 is 1.03 bits per heavy atom. The van der Waals surface area contributed by atoms with Crippen LogP contribution >= 0.6 is 0 Å². The summed E-state index contributed by atoms with van der Waals surface area (Å²) in [7, 11) is 0. The van der Waals surface area contributed by atoms with Crippen molar-refractivity contribution in [3.05, 3.63) is 100 Å². The number of ether oxygens (including phenoxy) is 1. The summed E-state index contributed by atoms with van der Waals surface area (Å²) in [4.78, 5) is 27.5. The highest BCUT2D eigenvalue weighted by atomic mass is 16.5. The molecular formula is C30H34N2O3. The first kappa shape index (κ1) is 24.5. The molecule has 1 aliphatic rings. The topological polar surface area (TPSA) is 58.6 Å². The summed E-state index contributed by atoms with van der Waals surface area (Å²) in [5.74, 6) is 0.602. The zero-order chi connectivity index (χ0) is 24.9. The molecule has 1 aliphatic heterocycles. The third-order valence-electron chi connectivity index (χ3n) is 6.56. The molecular weight excluding hydrogens is 436 g/mol. The van der Waals surface area contributed by atoms with Crippen LogP contribution in [0.15, 0.2) is 66.7 Å². The number of amides is 2. The van der Waals surface area contributed by atoms with Gasteiger partial charge in [0.1, 0.15) is 5.75 Å². The van der Waals surface area contributed by atoms with E-state index in [2.05, 4.69) is 42.6 Å². The third kappa shape index (κ3) is 5.73. The zero-order valence-corrected chi connectivity index (χ0v) is 21.0. The van der Waals surface area contributed by atoms with Crippen molar-refractivity contribution in [2.24, 2.45) is 0 Å². The number of fused-ring (bicyclic) bond motifs is 1. The summed E-state index contributed by atoms with van der Waals surface area (Å²) in [5, 5.41) is 2.96. The Morgan fingerprint density at radius 2 is 1.77 bits per heavy atom. The second kappa shape index (κ2) is 10.8. The fourth-order valence-corrected chi connectivity index (χ4v) is 4.75. The number of hydrogen-bond acceptors (Lipinski definition) is 3. The molecule has 4 rings (SSSR count). The van der Waals surface area contributed by atoms with Crippen molar-refractivity contribution >= 4 is 11.8 Å². The molecule has 0 bridgehead atoms. The van der Waals surface area contributed by atoms with Crippen molar-refractivity contribution in [3.63, 3.8) is 0 Å². The summed E-state index contributed by atoms with van der Waals surface area (Å²) in [6.07, 6.45) is 0.620. The fraction of sp³-hybridized carbons (Fsp3) is 0.333. The van der Waals surface area contributed by atoms with Gasteiger partial charge in [-0.15, -0.1) is 0 Å². The first-order valence-corrected chi connectivity index (χ1v) is 12.3. The van der Waals surface area contributed by atoms with Gasteiger partial charge in [0.05, 0.1) is 6.04 Å². The molecule has 182 valence electrons. The maximum absolute atomic E-state index is 12.8. The molecule has 35 heavy (non-hydrogen) atoms. The van der Waals surface area contributed by atoms with E-state index in [4.69, 9.17) is 4.74 Å². The van der Waals surface area contributed by atoms with Crippen LogP contribution in [0.25, 0.3) is 0 Å². The zero-order valence-electron chi connectivity index (χ0n) is 21.0. The number of rotatable bonds is 7. The molecule has 5 nitrogen and oxygen atoms in total. The Balaban J connectivity index is 1.54. The van der Waals surface area contributed by atoms with Gasteiger partial charge in [0.25, 0.3) is 5.91 Å².